The molecule has 110 valence electrons. The van der Waals surface area contributed by atoms with Crippen LogP contribution in [0.3, 0.4) is 0 Å². The van der Waals surface area contributed by atoms with Crippen LogP contribution in [-0.4, -0.2) is 52.9 Å². The van der Waals surface area contributed by atoms with Crippen molar-refractivity contribution < 1.29 is 19.7 Å². The molecule has 20 heavy (non-hydrogen) atoms. The second kappa shape index (κ2) is 6.72. The number of rotatable bonds is 5. The molecule has 1 amide bonds. The van der Waals surface area contributed by atoms with Crippen LogP contribution >= 0.6 is 0 Å². The summed E-state index contributed by atoms with van der Waals surface area (Å²) in [6.07, 6.45) is 0.381. The van der Waals surface area contributed by atoms with E-state index in [0.29, 0.717) is 12.2 Å². The SMILES string of the molecule is CCCCOc1ccc(C(=O)N2CC(O)C(O)C2)cc1. The summed E-state index contributed by atoms with van der Waals surface area (Å²) in [5, 5.41) is 18.9. The summed E-state index contributed by atoms with van der Waals surface area (Å²) in [5.74, 6) is 0.567. The van der Waals surface area contributed by atoms with Gasteiger partial charge in [-0.25, -0.2) is 0 Å². The summed E-state index contributed by atoms with van der Waals surface area (Å²) < 4.78 is 5.54. The number of hydrogen-bond donors (Lipinski definition) is 2. The Labute approximate surface area is 118 Å². The third kappa shape index (κ3) is 3.49. The maximum Gasteiger partial charge on any atom is 0.254 e. The van der Waals surface area contributed by atoms with Crippen LogP contribution in [0.5, 0.6) is 5.75 Å². The number of carbonyl (C=O) groups is 1. The Balaban J connectivity index is 1.94. The van der Waals surface area contributed by atoms with Crippen molar-refractivity contribution in [3.8, 4) is 5.75 Å². The fourth-order valence-corrected chi connectivity index (χ4v) is 2.15. The van der Waals surface area contributed by atoms with E-state index in [9.17, 15) is 15.0 Å². The quantitative estimate of drug-likeness (QED) is 0.790. The number of β-amino-alcohol motifs (C(OH)–C–C–N with tert-alkyl or cyclic N) is 2. The maximum absolute atomic E-state index is 12.2. The highest BCUT2D eigenvalue weighted by molar-refractivity contribution is 5.94. The Morgan fingerprint density at radius 2 is 1.85 bits per heavy atom. The molecule has 5 nitrogen and oxygen atoms in total. The van der Waals surface area contributed by atoms with Gasteiger partial charge in [0, 0.05) is 18.7 Å². The molecule has 2 rings (SSSR count). The van der Waals surface area contributed by atoms with Crippen molar-refractivity contribution in [3.63, 3.8) is 0 Å². The molecule has 0 radical (unpaired) electrons. The highest BCUT2D eigenvalue weighted by atomic mass is 16.5. The Kier molecular flexibility index (Phi) is 4.98. The predicted octanol–water partition coefficient (Wildman–Crippen LogP) is 1.04. The zero-order chi connectivity index (χ0) is 14.5. The van der Waals surface area contributed by atoms with Gasteiger partial charge in [0.25, 0.3) is 5.91 Å². The minimum absolute atomic E-state index is 0.175. The predicted molar refractivity (Wildman–Crippen MR) is 74.8 cm³/mol. The van der Waals surface area contributed by atoms with Gasteiger partial charge >= 0.3 is 0 Å². The number of aliphatic hydroxyl groups excluding tert-OH is 2. The lowest BCUT2D eigenvalue weighted by atomic mass is 10.2. The van der Waals surface area contributed by atoms with E-state index in [2.05, 4.69) is 6.92 Å². The summed E-state index contributed by atoms with van der Waals surface area (Å²) in [4.78, 5) is 13.6. The molecular weight excluding hydrogens is 258 g/mol. The van der Waals surface area contributed by atoms with Crippen LogP contribution in [0, 0.1) is 0 Å². The average Bonchev–Trinajstić information content (AvgIpc) is 2.79. The largest absolute Gasteiger partial charge is 0.494 e. The highest BCUT2D eigenvalue weighted by Crippen LogP contribution is 2.17. The van der Waals surface area contributed by atoms with Crippen LogP contribution in [-0.2, 0) is 0 Å². The van der Waals surface area contributed by atoms with Gasteiger partial charge in [0.15, 0.2) is 0 Å². The first kappa shape index (κ1) is 14.8. The second-order valence-electron chi connectivity index (χ2n) is 5.07. The molecule has 1 aliphatic heterocycles. The van der Waals surface area contributed by atoms with E-state index in [-0.39, 0.29) is 19.0 Å². The minimum Gasteiger partial charge on any atom is -0.494 e. The minimum atomic E-state index is -0.851. The number of aliphatic hydroxyl groups is 2. The molecule has 0 bridgehead atoms. The Morgan fingerprint density at radius 1 is 1.25 bits per heavy atom. The molecule has 0 aliphatic carbocycles. The summed E-state index contributed by atoms with van der Waals surface area (Å²) in [7, 11) is 0. The molecule has 1 heterocycles. The summed E-state index contributed by atoms with van der Waals surface area (Å²) in [6, 6.07) is 6.96. The van der Waals surface area contributed by atoms with Gasteiger partial charge in [-0.2, -0.15) is 0 Å². The molecule has 5 heteroatoms. The number of carbonyl (C=O) groups excluding carboxylic acids is 1. The average molecular weight is 279 g/mol. The first-order valence-electron chi connectivity index (χ1n) is 7.00. The monoisotopic (exact) mass is 279 g/mol. The first-order valence-corrected chi connectivity index (χ1v) is 7.00. The molecule has 1 aromatic rings. The number of amides is 1. The standard InChI is InChI=1S/C15H21NO4/c1-2-3-8-20-12-6-4-11(5-7-12)15(19)16-9-13(17)14(18)10-16/h4-7,13-14,17-18H,2-3,8-10H2,1H3. The third-order valence-electron chi connectivity index (χ3n) is 3.41. The molecule has 0 spiro atoms. The fourth-order valence-electron chi connectivity index (χ4n) is 2.15. The Bertz CT molecular complexity index is 436. The molecule has 1 aromatic carbocycles. The fraction of sp³-hybridized carbons (Fsp3) is 0.533. The number of hydrogen-bond acceptors (Lipinski definition) is 4. The van der Waals surface area contributed by atoms with Gasteiger partial charge in [0.2, 0.25) is 0 Å². The summed E-state index contributed by atoms with van der Waals surface area (Å²) in [5.41, 5.74) is 0.536. The van der Waals surface area contributed by atoms with Crippen molar-refractivity contribution >= 4 is 5.91 Å². The van der Waals surface area contributed by atoms with Crippen LogP contribution in [0.4, 0.5) is 0 Å². The highest BCUT2D eigenvalue weighted by Gasteiger charge is 2.32. The van der Waals surface area contributed by atoms with Crippen molar-refractivity contribution in [3.05, 3.63) is 29.8 Å². The number of nitrogens with zero attached hydrogens (tertiary/aromatic N) is 1. The second-order valence-corrected chi connectivity index (χ2v) is 5.07. The molecule has 0 saturated carbocycles. The van der Waals surface area contributed by atoms with E-state index in [4.69, 9.17) is 4.74 Å². The summed E-state index contributed by atoms with van der Waals surface area (Å²) in [6.45, 7) is 3.13. The smallest absolute Gasteiger partial charge is 0.254 e. The molecule has 2 N–H and O–H groups in total. The van der Waals surface area contributed by atoms with E-state index in [0.717, 1.165) is 18.6 Å². The molecule has 2 atom stereocenters. The molecule has 2 unspecified atom stereocenters. The van der Waals surface area contributed by atoms with E-state index < -0.39 is 12.2 Å². The van der Waals surface area contributed by atoms with Gasteiger partial charge in [0.05, 0.1) is 18.8 Å². The number of benzene rings is 1. The Morgan fingerprint density at radius 3 is 2.40 bits per heavy atom. The van der Waals surface area contributed by atoms with Crippen LogP contribution in [0.15, 0.2) is 24.3 Å². The number of likely N-dealkylation sites (tertiary alicyclic amines) is 1. The number of ether oxygens (including phenoxy) is 1. The topological polar surface area (TPSA) is 70.0 Å². The van der Waals surface area contributed by atoms with Gasteiger partial charge < -0.3 is 19.8 Å². The van der Waals surface area contributed by atoms with Crippen LogP contribution in [0.1, 0.15) is 30.1 Å². The van der Waals surface area contributed by atoms with E-state index >= 15 is 0 Å². The zero-order valence-corrected chi connectivity index (χ0v) is 11.7. The van der Waals surface area contributed by atoms with Crippen molar-refractivity contribution in [2.45, 2.75) is 32.0 Å². The van der Waals surface area contributed by atoms with Gasteiger partial charge in [-0.15, -0.1) is 0 Å². The van der Waals surface area contributed by atoms with Crippen LogP contribution in [0.2, 0.25) is 0 Å². The Hall–Kier alpha value is -1.59. The number of unbranched alkanes of at least 4 members (excludes halogenated alkanes) is 1. The van der Waals surface area contributed by atoms with Gasteiger partial charge in [-0.1, -0.05) is 13.3 Å². The lowest BCUT2D eigenvalue weighted by Gasteiger charge is -2.15. The van der Waals surface area contributed by atoms with Gasteiger partial charge in [0.1, 0.15) is 5.75 Å². The van der Waals surface area contributed by atoms with Crippen molar-refractivity contribution in [1.82, 2.24) is 4.90 Å². The lowest BCUT2D eigenvalue weighted by Crippen LogP contribution is -2.29. The van der Waals surface area contributed by atoms with Gasteiger partial charge in [-0.3, -0.25) is 4.79 Å². The molecule has 1 fully saturated rings. The normalized spacial score (nSPS) is 22.1. The van der Waals surface area contributed by atoms with Crippen LogP contribution < -0.4 is 4.74 Å². The van der Waals surface area contributed by atoms with Crippen molar-refractivity contribution in [2.75, 3.05) is 19.7 Å². The molecule has 0 aromatic heterocycles. The van der Waals surface area contributed by atoms with Crippen LogP contribution in [0.25, 0.3) is 0 Å². The van der Waals surface area contributed by atoms with E-state index in [1.54, 1.807) is 24.3 Å². The van der Waals surface area contributed by atoms with Gasteiger partial charge in [-0.05, 0) is 30.7 Å². The zero-order valence-electron chi connectivity index (χ0n) is 11.7. The molecule has 1 aliphatic rings. The third-order valence-corrected chi connectivity index (χ3v) is 3.41. The van der Waals surface area contributed by atoms with Crippen molar-refractivity contribution in [2.24, 2.45) is 0 Å². The van der Waals surface area contributed by atoms with E-state index in [1.165, 1.54) is 4.90 Å². The summed E-state index contributed by atoms with van der Waals surface area (Å²) >= 11 is 0. The first-order chi connectivity index (χ1) is 9.61. The lowest BCUT2D eigenvalue weighted by molar-refractivity contribution is 0.0572. The van der Waals surface area contributed by atoms with Crippen molar-refractivity contribution in [1.29, 1.82) is 0 Å². The molecule has 1 saturated heterocycles. The van der Waals surface area contributed by atoms with E-state index in [1.807, 2.05) is 0 Å². The maximum atomic E-state index is 12.2. The molecular formula is C15H21NO4.